The molecule has 0 aliphatic carbocycles. The van der Waals surface area contributed by atoms with Gasteiger partial charge in [0.15, 0.2) is 11.6 Å². The van der Waals surface area contributed by atoms with E-state index in [-0.39, 0.29) is 23.5 Å². The van der Waals surface area contributed by atoms with Gasteiger partial charge in [0.25, 0.3) is 11.8 Å². The number of benzene rings is 2. The average molecular weight is 603 g/mol. The molecule has 0 unspecified atom stereocenters. The molecule has 226 valence electrons. The molecule has 9 nitrogen and oxygen atoms in total. The van der Waals surface area contributed by atoms with Gasteiger partial charge in [0.1, 0.15) is 17.2 Å². The van der Waals surface area contributed by atoms with Crippen LogP contribution in [0.2, 0.25) is 0 Å². The van der Waals surface area contributed by atoms with Crippen LogP contribution in [0.1, 0.15) is 32.8 Å². The Balaban J connectivity index is 1.24. The molecule has 5 rings (SSSR count). The summed E-state index contributed by atoms with van der Waals surface area (Å²) < 4.78 is 48.5. The molecule has 0 fully saturated rings. The summed E-state index contributed by atoms with van der Waals surface area (Å²) in [6.45, 7) is 1.41. The molecule has 0 atom stereocenters. The Morgan fingerprint density at radius 1 is 0.864 bits per heavy atom. The molecule has 0 bridgehead atoms. The van der Waals surface area contributed by atoms with Crippen molar-refractivity contribution in [3.05, 3.63) is 114 Å². The molecule has 0 radical (unpaired) electrons. The lowest BCUT2D eigenvalue weighted by Gasteiger charge is -2.10. The number of aromatic nitrogens is 3. The first-order valence-corrected chi connectivity index (χ1v) is 13.7. The van der Waals surface area contributed by atoms with Crippen LogP contribution in [0, 0.1) is 17.5 Å². The first-order chi connectivity index (χ1) is 21.2. The molecule has 0 saturated heterocycles. The number of nitrogens with zero attached hydrogens (tertiary/aromatic N) is 4. The third-order valence-electron chi connectivity index (χ3n) is 6.73. The van der Waals surface area contributed by atoms with Gasteiger partial charge in [0, 0.05) is 42.7 Å². The smallest absolute Gasteiger partial charge is 0.274 e. The SMILES string of the molecule is CN(C)CCCOc1ccc(-c2ccn3c(C(=O)Nc4cc(C(=O)NCc5ccc(F)c(F)c5)ccc4F)cnc3c2)cn1. The maximum atomic E-state index is 14.6. The highest BCUT2D eigenvalue weighted by Gasteiger charge is 2.17. The van der Waals surface area contributed by atoms with Crippen LogP contribution in [0.4, 0.5) is 18.9 Å². The Hall–Kier alpha value is -5.23. The van der Waals surface area contributed by atoms with Crippen LogP contribution in [0.25, 0.3) is 16.8 Å². The van der Waals surface area contributed by atoms with Crippen molar-refractivity contribution in [3.63, 3.8) is 0 Å². The van der Waals surface area contributed by atoms with Gasteiger partial charge in [-0.1, -0.05) is 6.07 Å². The standard InChI is InChI=1S/C32H29F3N6O3/c1-40(2)11-3-13-44-30-9-6-23(18-37-30)21-10-12-41-28(19-36-29(41)16-21)32(43)39-27-15-22(5-8-25(27)34)31(42)38-17-20-4-7-24(33)26(35)14-20/h4-10,12,14-16,18-19H,3,11,13,17H2,1-2H3,(H,38,42)(H,39,43). The summed E-state index contributed by atoms with van der Waals surface area (Å²) in [5, 5.41) is 5.05. The molecule has 0 aliphatic rings. The molecule has 3 heterocycles. The Labute approximate surface area is 251 Å². The fourth-order valence-electron chi connectivity index (χ4n) is 4.40. The van der Waals surface area contributed by atoms with Gasteiger partial charge in [0.05, 0.1) is 18.5 Å². The van der Waals surface area contributed by atoms with Crippen molar-refractivity contribution in [2.75, 3.05) is 32.6 Å². The average Bonchev–Trinajstić information content (AvgIpc) is 3.44. The number of anilines is 1. The number of pyridine rings is 2. The van der Waals surface area contributed by atoms with Crippen molar-refractivity contribution < 1.29 is 27.5 Å². The van der Waals surface area contributed by atoms with E-state index < -0.39 is 29.3 Å². The van der Waals surface area contributed by atoms with Crippen molar-refractivity contribution in [1.29, 1.82) is 0 Å². The predicted molar refractivity (Wildman–Crippen MR) is 159 cm³/mol. The molecule has 0 aliphatic heterocycles. The van der Waals surface area contributed by atoms with E-state index in [1.54, 1.807) is 35.0 Å². The molecule has 2 N–H and O–H groups in total. The lowest BCUT2D eigenvalue weighted by atomic mass is 10.1. The molecular formula is C32H29F3N6O3. The molecule has 5 aromatic rings. The van der Waals surface area contributed by atoms with E-state index in [2.05, 4.69) is 25.5 Å². The predicted octanol–water partition coefficient (Wildman–Crippen LogP) is 5.33. The van der Waals surface area contributed by atoms with Crippen LogP contribution in [0.3, 0.4) is 0 Å². The van der Waals surface area contributed by atoms with Crippen molar-refractivity contribution in [3.8, 4) is 17.0 Å². The zero-order chi connectivity index (χ0) is 31.2. The maximum Gasteiger partial charge on any atom is 0.274 e. The lowest BCUT2D eigenvalue weighted by Crippen LogP contribution is -2.23. The number of rotatable bonds is 11. The van der Waals surface area contributed by atoms with Crippen molar-refractivity contribution >= 4 is 23.1 Å². The van der Waals surface area contributed by atoms with E-state index in [1.807, 2.05) is 20.2 Å². The molecule has 12 heteroatoms. The number of nitrogens with one attached hydrogen (secondary N) is 2. The quantitative estimate of drug-likeness (QED) is 0.199. The first-order valence-electron chi connectivity index (χ1n) is 13.7. The van der Waals surface area contributed by atoms with Crippen molar-refractivity contribution in [2.45, 2.75) is 13.0 Å². The van der Waals surface area contributed by atoms with E-state index in [0.717, 1.165) is 42.3 Å². The number of halogens is 3. The molecule has 2 aromatic carbocycles. The van der Waals surface area contributed by atoms with Gasteiger partial charge >= 0.3 is 0 Å². The van der Waals surface area contributed by atoms with Gasteiger partial charge < -0.3 is 20.3 Å². The van der Waals surface area contributed by atoms with Crippen LogP contribution in [-0.4, -0.2) is 58.3 Å². The molecule has 2 amide bonds. The van der Waals surface area contributed by atoms with Crippen LogP contribution in [0.5, 0.6) is 5.88 Å². The number of carbonyl (C=O) groups is 2. The minimum absolute atomic E-state index is 0.0608. The van der Waals surface area contributed by atoms with Crippen LogP contribution < -0.4 is 15.4 Å². The van der Waals surface area contributed by atoms with Gasteiger partial charge in [-0.25, -0.2) is 23.1 Å². The highest BCUT2D eigenvalue weighted by Crippen LogP contribution is 2.23. The number of hydrogen-bond acceptors (Lipinski definition) is 6. The van der Waals surface area contributed by atoms with E-state index in [1.165, 1.54) is 24.4 Å². The highest BCUT2D eigenvalue weighted by molar-refractivity contribution is 6.04. The normalized spacial score (nSPS) is 11.1. The van der Waals surface area contributed by atoms with Gasteiger partial charge in [-0.15, -0.1) is 0 Å². The van der Waals surface area contributed by atoms with E-state index in [0.29, 0.717) is 23.7 Å². The van der Waals surface area contributed by atoms with Crippen molar-refractivity contribution in [1.82, 2.24) is 24.6 Å². The summed E-state index contributed by atoms with van der Waals surface area (Å²) in [6.07, 6.45) is 5.64. The van der Waals surface area contributed by atoms with E-state index in [9.17, 15) is 22.8 Å². The number of fused-ring (bicyclic) bond motifs is 1. The van der Waals surface area contributed by atoms with Crippen molar-refractivity contribution in [2.24, 2.45) is 0 Å². The fourth-order valence-corrected chi connectivity index (χ4v) is 4.40. The summed E-state index contributed by atoms with van der Waals surface area (Å²) in [5.74, 6) is -3.47. The summed E-state index contributed by atoms with van der Waals surface area (Å²) >= 11 is 0. The zero-order valence-electron chi connectivity index (χ0n) is 24.0. The van der Waals surface area contributed by atoms with Gasteiger partial charge in [-0.2, -0.15) is 0 Å². The third kappa shape index (κ3) is 7.21. The molecule has 44 heavy (non-hydrogen) atoms. The largest absolute Gasteiger partial charge is 0.478 e. The van der Waals surface area contributed by atoms with Crippen LogP contribution >= 0.6 is 0 Å². The summed E-state index contributed by atoms with van der Waals surface area (Å²) in [4.78, 5) is 36.5. The Kier molecular flexibility index (Phi) is 9.20. The number of amides is 2. The van der Waals surface area contributed by atoms with E-state index >= 15 is 0 Å². The topological polar surface area (TPSA) is 101 Å². The third-order valence-corrected chi connectivity index (χ3v) is 6.73. The second kappa shape index (κ2) is 13.4. The van der Waals surface area contributed by atoms with Gasteiger partial charge in [-0.05, 0) is 80.2 Å². The van der Waals surface area contributed by atoms with Gasteiger partial charge in [-0.3, -0.25) is 14.0 Å². The Morgan fingerprint density at radius 3 is 2.43 bits per heavy atom. The van der Waals surface area contributed by atoms with Crippen LogP contribution in [-0.2, 0) is 6.54 Å². The molecular weight excluding hydrogens is 573 g/mol. The van der Waals surface area contributed by atoms with Gasteiger partial charge in [0.2, 0.25) is 5.88 Å². The fraction of sp³-hybridized carbons (Fsp3) is 0.188. The number of ether oxygens (including phenoxy) is 1. The van der Waals surface area contributed by atoms with E-state index in [4.69, 9.17) is 4.74 Å². The molecule has 0 saturated carbocycles. The minimum Gasteiger partial charge on any atom is -0.478 e. The molecule has 0 spiro atoms. The first kappa shape index (κ1) is 30.2. The summed E-state index contributed by atoms with van der Waals surface area (Å²) in [7, 11) is 4.01. The Morgan fingerprint density at radius 2 is 1.68 bits per heavy atom. The zero-order valence-corrected chi connectivity index (χ0v) is 24.0. The number of carbonyl (C=O) groups excluding carboxylic acids is 2. The molecule has 3 aromatic heterocycles. The maximum absolute atomic E-state index is 14.6. The monoisotopic (exact) mass is 602 g/mol. The summed E-state index contributed by atoms with van der Waals surface area (Å²) in [6, 6.07) is 14.1. The second-order valence-corrected chi connectivity index (χ2v) is 10.3. The highest BCUT2D eigenvalue weighted by atomic mass is 19.2. The Bertz CT molecular complexity index is 1810. The number of imidazole rings is 1. The number of hydrogen-bond donors (Lipinski definition) is 2. The second-order valence-electron chi connectivity index (χ2n) is 10.3. The summed E-state index contributed by atoms with van der Waals surface area (Å²) in [5.41, 5.74) is 2.50. The van der Waals surface area contributed by atoms with Crippen LogP contribution in [0.15, 0.2) is 79.3 Å². The minimum atomic E-state index is -1.03. The lowest BCUT2D eigenvalue weighted by molar-refractivity contribution is 0.0949.